The highest BCUT2D eigenvalue weighted by Gasteiger charge is 2.30. The summed E-state index contributed by atoms with van der Waals surface area (Å²) in [4.78, 5) is 96.2. The van der Waals surface area contributed by atoms with Crippen molar-refractivity contribution in [2.45, 2.75) is 45.2 Å². The van der Waals surface area contributed by atoms with Gasteiger partial charge in [-0.25, -0.2) is 19.8 Å². The summed E-state index contributed by atoms with van der Waals surface area (Å²) < 4.78 is 50.9. The predicted molar refractivity (Wildman–Crippen MR) is 435 cm³/mol. The van der Waals surface area contributed by atoms with Crippen LogP contribution in [0.4, 0.5) is 5.69 Å². The zero-order valence-electron chi connectivity index (χ0n) is 64.2. The van der Waals surface area contributed by atoms with E-state index in [4.69, 9.17) is 64.5 Å². The molecule has 1 aliphatic carbocycles. The van der Waals surface area contributed by atoms with Gasteiger partial charge >= 0.3 is 0 Å². The van der Waals surface area contributed by atoms with Gasteiger partial charge in [-0.1, -0.05) is 54.6 Å². The lowest BCUT2D eigenvalue weighted by atomic mass is 10.0. The number of fused-ring (bicyclic) bond motifs is 3. The van der Waals surface area contributed by atoms with Crippen LogP contribution >= 0.6 is 22.7 Å². The number of ether oxygens (including phenoxy) is 9. The minimum atomic E-state index is -1.02. The van der Waals surface area contributed by atoms with Crippen molar-refractivity contribution < 1.29 is 96.9 Å². The van der Waals surface area contributed by atoms with Crippen LogP contribution in [0.2, 0.25) is 0 Å². The normalized spacial score (nSPS) is 11.7. The summed E-state index contributed by atoms with van der Waals surface area (Å²) in [5.41, 5.74) is 10.0. The Labute approximate surface area is 670 Å². The number of amides is 3. The van der Waals surface area contributed by atoms with Crippen molar-refractivity contribution in [1.82, 2.24) is 30.9 Å². The Morgan fingerprint density at radius 2 is 0.852 bits per heavy atom. The second-order valence-electron chi connectivity index (χ2n) is 25.4. The van der Waals surface area contributed by atoms with E-state index in [1.165, 1.54) is 58.8 Å². The number of carbonyl (C=O) groups excluding carboxylic acids is 6. The van der Waals surface area contributed by atoms with Gasteiger partial charge in [-0.05, 0) is 152 Å². The standard InChI is InChI=1S/2C29H30N2O7S.C28H25N3O6/c2*1-17-5-4-6-19-20(16-39-28(17)19)26-24(36-2)10-8-21(30-26)27(34)22(11-12-32)31-29(35)18-7-9-23(38-14-13-33)25(15-18)37-3;1-29-19-7-4-17-5-8-20(21(17)15-19)27-25(35-2)11-9-22(31-27)23(33)16-30-28(34)18-6-10-24(37-13-12-32)26(14-18)36-3/h2*4-10,15-16,22,32-33H,11-14H2,1-3H3,(H,31,35);4,6-11,14-15,32H,5,12-13,16H2,2-3H3,(H,30,34)/t22-;;/m0../s1. The van der Waals surface area contributed by atoms with Gasteiger partial charge in [0.15, 0.2) is 46.0 Å². The number of Topliss-reactive ketones (excluding diaryl/α,β-unsaturated/α-hetero) is 3. The number of nitrogens with one attached hydrogen (secondary N) is 3. The lowest BCUT2D eigenvalue weighted by Crippen LogP contribution is -2.41. The van der Waals surface area contributed by atoms with Crippen molar-refractivity contribution >= 4 is 89.2 Å². The van der Waals surface area contributed by atoms with E-state index < -0.39 is 41.4 Å². The van der Waals surface area contributed by atoms with Gasteiger partial charge in [0, 0.05) is 77.5 Å². The van der Waals surface area contributed by atoms with Gasteiger partial charge < -0.3 is 84.1 Å². The second kappa shape index (κ2) is 40.7. The van der Waals surface area contributed by atoms with Crippen LogP contribution in [0.5, 0.6) is 51.7 Å². The molecule has 0 spiro atoms. The molecule has 3 amide bonds. The first-order chi connectivity index (χ1) is 55.8. The molecule has 596 valence electrons. The number of aryl methyl sites for hydroxylation is 2. The number of nitrogens with zero attached hydrogens (tertiary/aromatic N) is 4. The largest absolute Gasteiger partial charge is 0.494 e. The van der Waals surface area contributed by atoms with Crippen molar-refractivity contribution in [2.75, 3.05) is 102 Å². The van der Waals surface area contributed by atoms with Crippen molar-refractivity contribution in [2.24, 2.45) is 0 Å². The fourth-order valence-electron chi connectivity index (χ4n) is 12.5. The van der Waals surface area contributed by atoms with Crippen LogP contribution in [0.1, 0.15) is 103 Å². The van der Waals surface area contributed by atoms with Crippen molar-refractivity contribution in [1.29, 1.82) is 0 Å². The summed E-state index contributed by atoms with van der Waals surface area (Å²) in [6.07, 6.45) is 2.70. The number of methoxy groups -OCH3 is 6. The molecule has 8 N–H and O–H groups in total. The van der Waals surface area contributed by atoms with E-state index in [9.17, 15) is 39.0 Å². The number of hydrogen-bond donors (Lipinski definition) is 8. The predicted octanol–water partition coefficient (Wildman–Crippen LogP) is 11.7. The SMILES string of the molecule is COc1cc(C(=O)NC(CCO)C(=O)c2ccc(OC)c(-c3csc4c(C)cccc34)n2)ccc1OCCO.COc1cc(C(=O)N[C@@H](CCO)C(=O)c2ccc(OC)c(-c3csc4c(C)cccc34)n2)ccc1OCCO.[C-]#[N+]c1ccc2c(c1)C(c1nc(C(=O)CNC(=O)c3ccc(OCCO)c(OC)c3)ccc1OC)=CC2. The third-order valence-electron chi connectivity index (χ3n) is 18.2. The van der Waals surface area contributed by atoms with Gasteiger partial charge in [0.25, 0.3) is 17.7 Å². The van der Waals surface area contributed by atoms with E-state index in [1.807, 2.05) is 79.2 Å². The number of rotatable bonds is 34. The minimum Gasteiger partial charge on any atom is -0.494 e. The summed E-state index contributed by atoms with van der Waals surface area (Å²) in [5, 5.41) is 60.3. The highest BCUT2D eigenvalue weighted by atomic mass is 32.1. The summed E-state index contributed by atoms with van der Waals surface area (Å²) in [5.74, 6) is 0.860. The highest BCUT2D eigenvalue weighted by molar-refractivity contribution is 7.18. The second-order valence-corrected chi connectivity index (χ2v) is 27.2. The quantitative estimate of drug-likeness (QED) is 0.0137. The molecule has 0 aliphatic heterocycles. The molecule has 0 bridgehead atoms. The van der Waals surface area contributed by atoms with Crippen LogP contribution < -0.4 is 58.6 Å². The summed E-state index contributed by atoms with van der Waals surface area (Å²) in [7, 11) is 8.94. The molecule has 27 nitrogen and oxygen atoms in total. The molecule has 5 heterocycles. The molecular formula is C86H85N7O20S2. The fourth-order valence-corrected chi connectivity index (χ4v) is 14.5. The molecule has 5 aromatic heterocycles. The van der Waals surface area contributed by atoms with Crippen molar-refractivity contribution in [3.05, 3.63) is 236 Å². The Morgan fingerprint density at radius 1 is 0.452 bits per heavy atom. The van der Waals surface area contributed by atoms with E-state index in [-0.39, 0.29) is 112 Å². The number of ketones is 3. The fraction of sp³-hybridized carbons (Fsp3) is 0.256. The van der Waals surface area contributed by atoms with Crippen LogP contribution in [0, 0.1) is 20.4 Å². The van der Waals surface area contributed by atoms with Gasteiger partial charge in [0.1, 0.15) is 71.2 Å². The smallest absolute Gasteiger partial charge is 0.252 e. The molecule has 11 aromatic rings. The molecule has 6 aromatic carbocycles. The van der Waals surface area contributed by atoms with Gasteiger partial charge in [-0.3, -0.25) is 28.8 Å². The first-order valence-electron chi connectivity index (χ1n) is 36.1. The zero-order valence-corrected chi connectivity index (χ0v) is 65.8. The number of aliphatic hydroxyl groups excluding tert-OH is 5. The Morgan fingerprint density at radius 3 is 1.26 bits per heavy atom. The maximum Gasteiger partial charge on any atom is 0.252 e. The van der Waals surface area contributed by atoms with Crippen LogP contribution in [0.15, 0.2) is 162 Å². The Hall–Kier alpha value is -12.7. The van der Waals surface area contributed by atoms with E-state index in [2.05, 4.69) is 35.7 Å². The summed E-state index contributed by atoms with van der Waals surface area (Å²) in [6, 6.07) is 38.9. The number of allylic oxidation sites excluding steroid dienone is 1. The Balaban J connectivity index is 0.000000182. The number of aliphatic hydroxyl groups is 5. The summed E-state index contributed by atoms with van der Waals surface area (Å²) >= 11 is 3.19. The van der Waals surface area contributed by atoms with Gasteiger partial charge in [-0.15, -0.1) is 22.7 Å². The average Bonchev–Trinajstić information content (AvgIpc) is 1.68. The highest BCUT2D eigenvalue weighted by Crippen LogP contribution is 2.43. The van der Waals surface area contributed by atoms with Crippen LogP contribution in [0.3, 0.4) is 0 Å². The van der Waals surface area contributed by atoms with Gasteiger partial charge in [0.05, 0.1) is 87.7 Å². The molecule has 0 fully saturated rings. The molecule has 1 unspecified atom stereocenters. The molecule has 0 saturated heterocycles. The first kappa shape index (κ1) is 84.8. The van der Waals surface area contributed by atoms with E-state index in [0.29, 0.717) is 80.9 Å². The molecule has 29 heteroatoms. The zero-order chi connectivity index (χ0) is 82.2. The molecule has 115 heavy (non-hydrogen) atoms. The number of carbonyl (C=O) groups is 6. The third kappa shape index (κ3) is 20.2. The minimum absolute atomic E-state index is 0.00300. The number of thiophene rings is 2. The van der Waals surface area contributed by atoms with Gasteiger partial charge in [0.2, 0.25) is 11.6 Å². The topological polar surface area (TPSA) is 366 Å². The number of aromatic nitrogens is 3. The van der Waals surface area contributed by atoms with Crippen molar-refractivity contribution in [3.63, 3.8) is 0 Å². The molecule has 1 aliphatic rings. The van der Waals surface area contributed by atoms with Gasteiger partial charge in [-0.2, -0.15) is 0 Å². The number of hydrogen-bond acceptors (Lipinski definition) is 25. The monoisotopic (exact) mass is 1600 g/mol. The van der Waals surface area contributed by atoms with Crippen molar-refractivity contribution in [3.8, 4) is 74.3 Å². The number of benzene rings is 6. The van der Waals surface area contributed by atoms with Crippen LogP contribution in [-0.2, 0) is 6.42 Å². The maximum atomic E-state index is 13.5. The Bertz CT molecular complexity index is 5220. The lowest BCUT2D eigenvalue weighted by Gasteiger charge is -2.18. The van der Waals surface area contributed by atoms with E-state index in [0.717, 1.165) is 59.1 Å². The molecule has 0 saturated carbocycles. The van der Waals surface area contributed by atoms with Crippen LogP contribution in [-0.4, -0.2) is 190 Å². The first-order valence-corrected chi connectivity index (χ1v) is 37.9. The molecular weight excluding hydrogens is 1520 g/mol. The maximum absolute atomic E-state index is 13.5. The third-order valence-corrected chi connectivity index (χ3v) is 20.5. The van der Waals surface area contributed by atoms with E-state index >= 15 is 0 Å². The lowest BCUT2D eigenvalue weighted by molar-refractivity contribution is 0.0837. The molecule has 2 atom stereocenters. The molecule has 0 radical (unpaired) electrons. The molecule has 12 rings (SSSR count). The van der Waals surface area contributed by atoms with Crippen LogP contribution in [0.25, 0.3) is 53.1 Å². The average molecular weight is 1600 g/mol. The van der Waals surface area contributed by atoms with E-state index in [1.54, 1.807) is 104 Å². The Kier molecular flexibility index (Phi) is 30.0. The number of pyridine rings is 3. The summed E-state index contributed by atoms with van der Waals surface area (Å²) in [6.45, 7) is 10.3.